The molecule has 1 aliphatic heterocycles. The molecule has 1 N–H and O–H groups in total. The molecule has 0 aliphatic carbocycles. The summed E-state index contributed by atoms with van der Waals surface area (Å²) in [4.78, 5) is 15.6. The number of amides is 1. The van der Waals surface area contributed by atoms with Crippen LogP contribution in [0.15, 0.2) is 12.1 Å². The van der Waals surface area contributed by atoms with E-state index in [2.05, 4.69) is 4.72 Å². The van der Waals surface area contributed by atoms with Crippen LogP contribution in [0.25, 0.3) is 0 Å². The lowest BCUT2D eigenvalue weighted by Gasteiger charge is -2.15. The van der Waals surface area contributed by atoms with Crippen LogP contribution < -0.4 is 4.72 Å². The van der Waals surface area contributed by atoms with Gasteiger partial charge in [-0.3, -0.25) is 4.79 Å². The highest BCUT2D eigenvalue weighted by atomic mass is 32.2. The number of hydrogen-bond acceptors (Lipinski definition) is 4. The Morgan fingerprint density at radius 1 is 1.53 bits per heavy atom. The standard InChI is InChI=1S/C12H18N2O3S2/c1-3-13-19(16,17)10-6-7-14(8-10)12(15)11-5-4-9(2)18-11/h4-5,10,13H,3,6-8H2,1-2H3. The summed E-state index contributed by atoms with van der Waals surface area (Å²) in [6.45, 7) is 4.88. The van der Waals surface area contributed by atoms with Crippen LogP contribution in [0.2, 0.25) is 0 Å². The zero-order valence-electron chi connectivity index (χ0n) is 11.0. The van der Waals surface area contributed by atoms with E-state index in [0.717, 1.165) is 4.88 Å². The van der Waals surface area contributed by atoms with Crippen molar-refractivity contribution in [3.63, 3.8) is 0 Å². The molecule has 1 aliphatic rings. The molecule has 0 spiro atoms. The molecule has 1 fully saturated rings. The number of thiophene rings is 1. The van der Waals surface area contributed by atoms with Gasteiger partial charge < -0.3 is 4.90 Å². The van der Waals surface area contributed by atoms with E-state index in [1.165, 1.54) is 11.3 Å². The van der Waals surface area contributed by atoms with E-state index in [4.69, 9.17) is 0 Å². The molecule has 1 aromatic heterocycles. The minimum absolute atomic E-state index is 0.0627. The Balaban J connectivity index is 2.04. The van der Waals surface area contributed by atoms with Crippen molar-refractivity contribution < 1.29 is 13.2 Å². The van der Waals surface area contributed by atoms with Gasteiger partial charge in [-0.2, -0.15) is 0 Å². The first-order valence-corrected chi connectivity index (χ1v) is 8.64. The maximum atomic E-state index is 12.2. The number of nitrogens with one attached hydrogen (secondary N) is 1. The molecule has 1 unspecified atom stereocenters. The Morgan fingerprint density at radius 2 is 2.26 bits per heavy atom. The van der Waals surface area contributed by atoms with Crippen LogP contribution in [-0.4, -0.2) is 44.1 Å². The SMILES string of the molecule is CCNS(=O)(=O)C1CCN(C(=O)c2ccc(C)s2)C1. The summed E-state index contributed by atoms with van der Waals surface area (Å²) in [6, 6.07) is 3.70. The number of rotatable bonds is 4. The van der Waals surface area contributed by atoms with Crippen LogP contribution in [0.3, 0.4) is 0 Å². The van der Waals surface area contributed by atoms with Crippen molar-refractivity contribution in [1.82, 2.24) is 9.62 Å². The van der Waals surface area contributed by atoms with Crippen molar-refractivity contribution in [3.05, 3.63) is 21.9 Å². The third-order valence-corrected chi connectivity index (χ3v) is 6.11. The number of nitrogens with zero attached hydrogens (tertiary/aromatic N) is 1. The van der Waals surface area contributed by atoms with Gasteiger partial charge in [0.1, 0.15) is 0 Å². The molecule has 0 aromatic carbocycles. The van der Waals surface area contributed by atoms with Crippen molar-refractivity contribution in [2.24, 2.45) is 0 Å². The van der Waals surface area contributed by atoms with E-state index >= 15 is 0 Å². The van der Waals surface area contributed by atoms with Crippen LogP contribution in [0.5, 0.6) is 0 Å². The minimum Gasteiger partial charge on any atom is -0.337 e. The average Bonchev–Trinajstić information content (AvgIpc) is 2.96. The van der Waals surface area contributed by atoms with Crippen LogP contribution >= 0.6 is 11.3 Å². The number of likely N-dealkylation sites (tertiary alicyclic amines) is 1. The lowest BCUT2D eigenvalue weighted by atomic mass is 10.4. The number of sulfonamides is 1. The Bertz CT molecular complexity index is 565. The first kappa shape index (κ1) is 14.5. The summed E-state index contributed by atoms with van der Waals surface area (Å²) in [7, 11) is -3.29. The third-order valence-electron chi connectivity index (χ3n) is 3.17. The van der Waals surface area contributed by atoms with E-state index in [-0.39, 0.29) is 12.5 Å². The van der Waals surface area contributed by atoms with Gasteiger partial charge in [-0.1, -0.05) is 6.92 Å². The number of aryl methyl sites for hydroxylation is 1. The molecule has 106 valence electrons. The quantitative estimate of drug-likeness (QED) is 0.909. The second-order valence-corrected chi connectivity index (χ2v) is 7.95. The zero-order chi connectivity index (χ0) is 14.0. The monoisotopic (exact) mass is 302 g/mol. The van der Waals surface area contributed by atoms with E-state index in [0.29, 0.717) is 24.4 Å². The maximum absolute atomic E-state index is 12.2. The Morgan fingerprint density at radius 3 is 2.84 bits per heavy atom. The molecule has 1 aromatic rings. The minimum atomic E-state index is -3.29. The molecule has 1 atom stereocenters. The van der Waals surface area contributed by atoms with E-state index in [1.54, 1.807) is 17.9 Å². The normalized spacial score (nSPS) is 19.9. The van der Waals surface area contributed by atoms with Gasteiger partial charge in [0.25, 0.3) is 5.91 Å². The van der Waals surface area contributed by atoms with Crippen molar-refractivity contribution in [2.45, 2.75) is 25.5 Å². The summed E-state index contributed by atoms with van der Waals surface area (Å²) in [5.74, 6) is -0.0627. The number of hydrogen-bond donors (Lipinski definition) is 1. The largest absolute Gasteiger partial charge is 0.337 e. The summed E-state index contributed by atoms with van der Waals surface area (Å²) in [5.41, 5.74) is 0. The van der Waals surface area contributed by atoms with Gasteiger partial charge in [0.05, 0.1) is 10.1 Å². The van der Waals surface area contributed by atoms with Gasteiger partial charge in [0.15, 0.2) is 0 Å². The van der Waals surface area contributed by atoms with Gasteiger partial charge in [-0.05, 0) is 25.5 Å². The van der Waals surface area contributed by atoms with Crippen LogP contribution in [0.1, 0.15) is 27.9 Å². The molecule has 1 saturated heterocycles. The Hall–Kier alpha value is -0.920. The Kier molecular flexibility index (Phi) is 4.27. The average molecular weight is 302 g/mol. The molecular formula is C12H18N2O3S2. The smallest absolute Gasteiger partial charge is 0.263 e. The predicted molar refractivity (Wildman–Crippen MR) is 76.0 cm³/mol. The van der Waals surface area contributed by atoms with Gasteiger partial charge >= 0.3 is 0 Å². The third kappa shape index (κ3) is 3.16. The molecule has 19 heavy (non-hydrogen) atoms. The molecule has 0 bridgehead atoms. The summed E-state index contributed by atoms with van der Waals surface area (Å²) < 4.78 is 26.3. The van der Waals surface area contributed by atoms with Crippen molar-refractivity contribution in [3.8, 4) is 0 Å². The molecule has 0 saturated carbocycles. The second kappa shape index (κ2) is 5.60. The first-order valence-electron chi connectivity index (χ1n) is 6.28. The fraction of sp³-hybridized carbons (Fsp3) is 0.583. The zero-order valence-corrected chi connectivity index (χ0v) is 12.7. The molecule has 2 heterocycles. The maximum Gasteiger partial charge on any atom is 0.263 e. The van der Waals surface area contributed by atoms with Crippen LogP contribution in [0.4, 0.5) is 0 Å². The summed E-state index contributed by atoms with van der Waals surface area (Å²) >= 11 is 1.45. The van der Waals surface area contributed by atoms with E-state index in [9.17, 15) is 13.2 Å². The van der Waals surface area contributed by atoms with Crippen LogP contribution in [-0.2, 0) is 10.0 Å². The first-order chi connectivity index (χ1) is 8.94. The van der Waals surface area contributed by atoms with Gasteiger partial charge in [0, 0.05) is 24.5 Å². The highest BCUT2D eigenvalue weighted by Gasteiger charge is 2.35. The Labute approximate surface area is 117 Å². The fourth-order valence-electron chi connectivity index (χ4n) is 2.19. The lowest BCUT2D eigenvalue weighted by molar-refractivity contribution is 0.0798. The van der Waals surface area contributed by atoms with Gasteiger partial charge in [-0.25, -0.2) is 13.1 Å². The molecule has 7 heteroatoms. The van der Waals surface area contributed by atoms with Crippen molar-refractivity contribution in [1.29, 1.82) is 0 Å². The number of carbonyl (C=O) groups is 1. The second-order valence-electron chi connectivity index (χ2n) is 4.62. The van der Waals surface area contributed by atoms with Gasteiger partial charge in [0.2, 0.25) is 10.0 Å². The lowest BCUT2D eigenvalue weighted by Crippen LogP contribution is -2.37. The summed E-state index contributed by atoms with van der Waals surface area (Å²) in [6.07, 6.45) is 0.505. The topological polar surface area (TPSA) is 66.5 Å². The van der Waals surface area contributed by atoms with E-state index < -0.39 is 15.3 Å². The number of carbonyl (C=O) groups excluding carboxylic acids is 1. The molecule has 0 radical (unpaired) electrons. The molecule has 5 nitrogen and oxygen atoms in total. The molecule has 2 rings (SSSR count). The molecular weight excluding hydrogens is 284 g/mol. The highest BCUT2D eigenvalue weighted by Crippen LogP contribution is 2.22. The fourth-order valence-corrected chi connectivity index (χ4v) is 4.46. The van der Waals surface area contributed by atoms with Crippen LogP contribution in [0, 0.1) is 6.92 Å². The van der Waals surface area contributed by atoms with Gasteiger partial charge in [-0.15, -0.1) is 11.3 Å². The highest BCUT2D eigenvalue weighted by molar-refractivity contribution is 7.90. The molecule has 1 amide bonds. The van der Waals surface area contributed by atoms with E-state index in [1.807, 2.05) is 13.0 Å². The van der Waals surface area contributed by atoms with Crippen molar-refractivity contribution >= 4 is 27.3 Å². The summed E-state index contributed by atoms with van der Waals surface area (Å²) in [5, 5.41) is -0.488. The van der Waals surface area contributed by atoms with Crippen molar-refractivity contribution in [2.75, 3.05) is 19.6 Å². The predicted octanol–water partition coefficient (Wildman–Crippen LogP) is 1.21.